The second-order valence-electron chi connectivity index (χ2n) is 7.70. The molecule has 6 nitrogen and oxygen atoms in total. The first-order chi connectivity index (χ1) is 15.0. The second-order valence-corrected chi connectivity index (χ2v) is 7.70. The number of carbonyl (C=O) groups is 1. The van der Waals surface area contributed by atoms with Gasteiger partial charge in [-0.25, -0.2) is 19.2 Å². The Morgan fingerprint density at radius 2 is 1.65 bits per heavy atom. The summed E-state index contributed by atoms with van der Waals surface area (Å²) in [5.74, 6) is 1.24. The lowest BCUT2D eigenvalue weighted by atomic mass is 10.0. The van der Waals surface area contributed by atoms with Crippen LogP contribution in [0.5, 0.6) is 0 Å². The lowest BCUT2D eigenvalue weighted by Gasteiger charge is -2.36. The monoisotopic (exact) mass is 419 g/mol. The van der Waals surface area contributed by atoms with Crippen molar-refractivity contribution in [2.75, 3.05) is 36.4 Å². The number of hydrogen-bond acceptors (Lipinski definition) is 4. The van der Waals surface area contributed by atoms with E-state index >= 15 is 0 Å². The van der Waals surface area contributed by atoms with Crippen molar-refractivity contribution in [2.24, 2.45) is 0 Å². The largest absolute Gasteiger partial charge is 0.353 e. The van der Waals surface area contributed by atoms with Crippen LogP contribution < -0.4 is 10.2 Å². The molecule has 1 saturated heterocycles. The summed E-state index contributed by atoms with van der Waals surface area (Å²) in [5.41, 5.74) is 3.50. The minimum absolute atomic E-state index is 0.196. The van der Waals surface area contributed by atoms with Crippen molar-refractivity contribution < 1.29 is 9.18 Å². The predicted octanol–water partition coefficient (Wildman–Crippen LogP) is 4.18. The zero-order chi connectivity index (χ0) is 21.8. The Kier molecular flexibility index (Phi) is 6.11. The van der Waals surface area contributed by atoms with Crippen LogP contribution in [0.15, 0.2) is 54.6 Å². The van der Waals surface area contributed by atoms with Gasteiger partial charge in [0.25, 0.3) is 0 Å². The number of aryl methyl sites for hydroxylation is 2. The standard InChI is InChI=1S/C24H26FN5O/c1-17-20(16-19-8-4-3-5-9-19)23(27-18(2)26-17)29-12-14-30(15-13-29)24(31)28-22-11-7-6-10-21(22)25/h3-11H,12-16H2,1-2H3,(H,28,31). The molecule has 4 rings (SSSR count). The number of rotatable bonds is 4. The molecule has 0 radical (unpaired) electrons. The molecule has 160 valence electrons. The number of amides is 2. The molecule has 0 aliphatic carbocycles. The van der Waals surface area contributed by atoms with E-state index in [1.807, 2.05) is 32.0 Å². The quantitative estimate of drug-likeness (QED) is 0.689. The number of aromatic nitrogens is 2. The van der Waals surface area contributed by atoms with E-state index in [1.165, 1.54) is 11.6 Å². The Balaban J connectivity index is 1.47. The molecule has 31 heavy (non-hydrogen) atoms. The molecule has 1 fully saturated rings. The van der Waals surface area contributed by atoms with Gasteiger partial charge in [0.15, 0.2) is 0 Å². The molecule has 1 aliphatic heterocycles. The first-order valence-corrected chi connectivity index (χ1v) is 10.4. The van der Waals surface area contributed by atoms with Crippen LogP contribution in [-0.4, -0.2) is 47.1 Å². The molecule has 0 atom stereocenters. The van der Waals surface area contributed by atoms with E-state index in [-0.39, 0.29) is 11.7 Å². The van der Waals surface area contributed by atoms with Crippen LogP contribution in [-0.2, 0) is 6.42 Å². The van der Waals surface area contributed by atoms with Gasteiger partial charge in [0.2, 0.25) is 0 Å². The number of halogens is 1. The summed E-state index contributed by atoms with van der Waals surface area (Å²) in [4.78, 5) is 25.8. The first kappa shape index (κ1) is 20.8. The highest BCUT2D eigenvalue weighted by atomic mass is 19.1. The number of benzene rings is 2. The van der Waals surface area contributed by atoms with Crippen molar-refractivity contribution in [1.82, 2.24) is 14.9 Å². The molecule has 0 saturated carbocycles. The number of hydrogen-bond donors (Lipinski definition) is 1. The smallest absolute Gasteiger partial charge is 0.322 e. The van der Waals surface area contributed by atoms with E-state index in [0.717, 1.165) is 29.3 Å². The average molecular weight is 420 g/mol. The summed E-state index contributed by atoms with van der Waals surface area (Å²) in [6.45, 7) is 6.31. The maximum absolute atomic E-state index is 13.8. The highest BCUT2D eigenvalue weighted by molar-refractivity contribution is 5.89. The van der Waals surface area contributed by atoms with Crippen molar-refractivity contribution >= 4 is 17.5 Å². The van der Waals surface area contributed by atoms with Crippen molar-refractivity contribution in [2.45, 2.75) is 20.3 Å². The van der Waals surface area contributed by atoms with Crippen LogP contribution in [0.25, 0.3) is 0 Å². The summed E-state index contributed by atoms with van der Waals surface area (Å²) in [6, 6.07) is 16.2. The van der Waals surface area contributed by atoms with Crippen molar-refractivity contribution in [3.05, 3.63) is 83.1 Å². The number of anilines is 2. The number of urea groups is 1. The minimum Gasteiger partial charge on any atom is -0.353 e. The summed E-state index contributed by atoms with van der Waals surface area (Å²) < 4.78 is 13.8. The number of piperazine rings is 1. The van der Waals surface area contributed by atoms with E-state index in [1.54, 1.807) is 23.1 Å². The molecule has 3 aromatic rings. The van der Waals surface area contributed by atoms with Gasteiger partial charge in [-0.1, -0.05) is 42.5 Å². The summed E-state index contributed by atoms with van der Waals surface area (Å²) in [6.07, 6.45) is 0.760. The average Bonchev–Trinajstić information content (AvgIpc) is 2.78. The molecule has 7 heteroatoms. The molecular weight excluding hydrogens is 393 g/mol. The topological polar surface area (TPSA) is 61.4 Å². The zero-order valence-electron chi connectivity index (χ0n) is 17.8. The van der Waals surface area contributed by atoms with Gasteiger partial charge in [-0.05, 0) is 31.5 Å². The Morgan fingerprint density at radius 3 is 2.35 bits per heavy atom. The van der Waals surface area contributed by atoms with E-state index < -0.39 is 5.82 Å². The molecule has 0 unspecified atom stereocenters. The molecule has 2 aromatic carbocycles. The lowest BCUT2D eigenvalue weighted by Crippen LogP contribution is -2.50. The molecule has 1 aliphatic rings. The highest BCUT2D eigenvalue weighted by Crippen LogP contribution is 2.25. The van der Waals surface area contributed by atoms with E-state index in [9.17, 15) is 9.18 Å². The Bertz CT molecular complexity index is 1060. The summed E-state index contributed by atoms with van der Waals surface area (Å²) >= 11 is 0. The number of nitrogens with one attached hydrogen (secondary N) is 1. The van der Waals surface area contributed by atoms with Crippen molar-refractivity contribution in [1.29, 1.82) is 0 Å². The molecule has 1 N–H and O–H groups in total. The molecule has 2 heterocycles. The van der Waals surface area contributed by atoms with Gasteiger partial charge in [-0.2, -0.15) is 0 Å². The fourth-order valence-corrected chi connectivity index (χ4v) is 3.86. The van der Waals surface area contributed by atoms with Crippen molar-refractivity contribution in [3.8, 4) is 0 Å². The second kappa shape index (κ2) is 9.12. The van der Waals surface area contributed by atoms with Gasteiger partial charge >= 0.3 is 6.03 Å². The zero-order valence-corrected chi connectivity index (χ0v) is 17.8. The van der Waals surface area contributed by atoms with Gasteiger partial charge < -0.3 is 15.1 Å². The van der Waals surface area contributed by atoms with E-state index in [4.69, 9.17) is 4.98 Å². The molecule has 1 aromatic heterocycles. The molecule has 2 amide bonds. The molecule has 0 bridgehead atoms. The van der Waals surface area contributed by atoms with Gasteiger partial charge in [-0.15, -0.1) is 0 Å². The molecular formula is C24H26FN5O. The third-order valence-corrected chi connectivity index (χ3v) is 5.51. The third-order valence-electron chi connectivity index (χ3n) is 5.51. The van der Waals surface area contributed by atoms with Gasteiger partial charge in [0.05, 0.1) is 5.69 Å². The van der Waals surface area contributed by atoms with Crippen LogP contribution >= 0.6 is 0 Å². The Hall–Kier alpha value is -3.48. The maximum Gasteiger partial charge on any atom is 0.322 e. The van der Waals surface area contributed by atoms with Gasteiger partial charge in [-0.3, -0.25) is 0 Å². The van der Waals surface area contributed by atoms with E-state index in [0.29, 0.717) is 26.2 Å². The van der Waals surface area contributed by atoms with Gasteiger partial charge in [0.1, 0.15) is 17.5 Å². The number of para-hydroxylation sites is 1. The number of nitrogens with zero attached hydrogens (tertiary/aromatic N) is 4. The van der Waals surface area contributed by atoms with Crippen molar-refractivity contribution in [3.63, 3.8) is 0 Å². The minimum atomic E-state index is -0.438. The summed E-state index contributed by atoms with van der Waals surface area (Å²) in [5, 5.41) is 2.66. The van der Waals surface area contributed by atoms with Crippen LogP contribution in [0.2, 0.25) is 0 Å². The van der Waals surface area contributed by atoms with Gasteiger partial charge in [0, 0.05) is 43.9 Å². The predicted molar refractivity (Wildman–Crippen MR) is 120 cm³/mol. The first-order valence-electron chi connectivity index (χ1n) is 10.4. The number of carbonyl (C=O) groups excluding carboxylic acids is 1. The fourth-order valence-electron chi connectivity index (χ4n) is 3.86. The fraction of sp³-hybridized carbons (Fsp3) is 0.292. The SMILES string of the molecule is Cc1nc(C)c(Cc2ccccc2)c(N2CCN(C(=O)Nc3ccccc3F)CC2)n1. The van der Waals surface area contributed by atoms with E-state index in [2.05, 4.69) is 27.3 Å². The lowest BCUT2D eigenvalue weighted by molar-refractivity contribution is 0.208. The third kappa shape index (κ3) is 4.82. The van der Waals surface area contributed by atoms with Crippen LogP contribution in [0.3, 0.4) is 0 Å². The molecule has 0 spiro atoms. The van der Waals surface area contributed by atoms with Crippen LogP contribution in [0.4, 0.5) is 20.7 Å². The van der Waals surface area contributed by atoms with Crippen LogP contribution in [0, 0.1) is 19.7 Å². The van der Waals surface area contributed by atoms with Crippen LogP contribution in [0.1, 0.15) is 22.6 Å². The Morgan fingerprint density at radius 1 is 0.968 bits per heavy atom. The normalized spacial score (nSPS) is 13.9. The summed E-state index contributed by atoms with van der Waals surface area (Å²) in [7, 11) is 0. The Labute approximate surface area is 181 Å². The maximum atomic E-state index is 13.8. The highest BCUT2D eigenvalue weighted by Gasteiger charge is 2.25.